The zero-order valence-corrected chi connectivity index (χ0v) is 13.2. The van der Waals surface area contributed by atoms with Crippen LogP contribution in [0.25, 0.3) is 0 Å². The topological polar surface area (TPSA) is 90.7 Å². The summed E-state index contributed by atoms with van der Waals surface area (Å²) >= 11 is 5.84. The van der Waals surface area contributed by atoms with Gasteiger partial charge in [0.25, 0.3) is 11.6 Å². The largest absolute Gasteiger partial charge is 0.482 e. The van der Waals surface area contributed by atoms with Crippen LogP contribution in [0.15, 0.2) is 42.5 Å². The normalized spacial score (nSPS) is 10.4. The fraction of sp³-hybridized carbons (Fsp3) is 0.133. The number of nitro groups is 1. The average Bonchev–Trinajstić information content (AvgIpc) is 2.55. The van der Waals surface area contributed by atoms with Gasteiger partial charge in [-0.1, -0.05) is 23.7 Å². The number of para-hydroxylation sites is 2. The van der Waals surface area contributed by atoms with Crippen molar-refractivity contribution in [3.05, 3.63) is 57.6 Å². The Morgan fingerprint density at radius 2 is 1.96 bits per heavy atom. The summed E-state index contributed by atoms with van der Waals surface area (Å²) in [6.45, 7) is -3.52. The number of carbonyl (C=O) groups is 1. The number of rotatable bonds is 7. The van der Waals surface area contributed by atoms with Crippen LogP contribution in [0.1, 0.15) is 0 Å². The Hall–Kier alpha value is -2.94. The number of hydrogen-bond acceptors (Lipinski definition) is 5. The van der Waals surface area contributed by atoms with E-state index in [4.69, 9.17) is 16.3 Å². The standard InChI is InChI=1S/C15H11ClF2N2O5/c16-10-7-9(20(22)23)5-6-12(10)24-8-14(21)19-11-3-1-2-4-13(11)25-15(17)18/h1-7,15H,8H2,(H,19,21). The van der Waals surface area contributed by atoms with Crippen LogP contribution >= 0.6 is 11.6 Å². The molecule has 7 nitrogen and oxygen atoms in total. The molecule has 2 aromatic carbocycles. The van der Waals surface area contributed by atoms with Crippen molar-refractivity contribution in [1.29, 1.82) is 0 Å². The molecule has 0 aliphatic rings. The van der Waals surface area contributed by atoms with E-state index in [1.54, 1.807) is 0 Å². The van der Waals surface area contributed by atoms with Gasteiger partial charge in [0.05, 0.1) is 15.6 Å². The Bertz CT molecular complexity index is 788. The summed E-state index contributed by atoms with van der Waals surface area (Å²) < 4.78 is 34.1. The van der Waals surface area contributed by atoms with Crippen LogP contribution in [0, 0.1) is 10.1 Å². The number of alkyl halides is 2. The van der Waals surface area contributed by atoms with Crippen molar-refractivity contribution in [2.24, 2.45) is 0 Å². The van der Waals surface area contributed by atoms with Crippen molar-refractivity contribution in [3.63, 3.8) is 0 Å². The van der Waals surface area contributed by atoms with Crippen LogP contribution in [-0.4, -0.2) is 24.0 Å². The molecule has 0 saturated heterocycles. The van der Waals surface area contributed by atoms with Gasteiger partial charge >= 0.3 is 6.61 Å². The lowest BCUT2D eigenvalue weighted by atomic mass is 10.3. The van der Waals surface area contributed by atoms with E-state index in [0.29, 0.717) is 0 Å². The molecule has 132 valence electrons. The van der Waals surface area contributed by atoms with Gasteiger partial charge < -0.3 is 14.8 Å². The monoisotopic (exact) mass is 372 g/mol. The number of benzene rings is 2. The zero-order chi connectivity index (χ0) is 18.4. The molecule has 0 unspecified atom stereocenters. The molecule has 0 fully saturated rings. The quantitative estimate of drug-likeness (QED) is 0.588. The molecular formula is C15H11ClF2N2O5. The molecule has 1 amide bonds. The lowest BCUT2D eigenvalue weighted by molar-refractivity contribution is -0.384. The predicted molar refractivity (Wildman–Crippen MR) is 85.3 cm³/mol. The first-order valence-electron chi connectivity index (χ1n) is 6.77. The Kier molecular flexibility index (Phi) is 6.07. The van der Waals surface area contributed by atoms with E-state index in [2.05, 4.69) is 10.1 Å². The van der Waals surface area contributed by atoms with Crippen molar-refractivity contribution in [2.75, 3.05) is 11.9 Å². The van der Waals surface area contributed by atoms with Crippen LogP contribution in [-0.2, 0) is 4.79 Å². The fourth-order valence-electron chi connectivity index (χ4n) is 1.82. The maximum Gasteiger partial charge on any atom is 0.387 e. The lowest BCUT2D eigenvalue weighted by Gasteiger charge is -2.12. The van der Waals surface area contributed by atoms with E-state index in [0.717, 1.165) is 6.07 Å². The number of carbonyl (C=O) groups excluding carboxylic acids is 1. The van der Waals surface area contributed by atoms with Gasteiger partial charge in [0, 0.05) is 12.1 Å². The lowest BCUT2D eigenvalue weighted by Crippen LogP contribution is -2.21. The summed E-state index contributed by atoms with van der Waals surface area (Å²) in [6.07, 6.45) is 0. The summed E-state index contributed by atoms with van der Waals surface area (Å²) in [7, 11) is 0. The third-order valence-electron chi connectivity index (χ3n) is 2.86. The van der Waals surface area contributed by atoms with Crippen molar-refractivity contribution >= 4 is 28.9 Å². The second-order valence-corrected chi connectivity index (χ2v) is 4.99. The number of anilines is 1. The molecule has 0 spiro atoms. The number of halogens is 3. The van der Waals surface area contributed by atoms with Crippen molar-refractivity contribution < 1.29 is 28.0 Å². The predicted octanol–water partition coefficient (Wildman–Crippen LogP) is 3.87. The SMILES string of the molecule is O=C(COc1ccc([N+](=O)[O-])cc1Cl)Nc1ccccc1OC(F)F. The molecular weight excluding hydrogens is 362 g/mol. The summed E-state index contributed by atoms with van der Waals surface area (Å²) in [5.74, 6) is -0.779. The van der Waals surface area contributed by atoms with Gasteiger partial charge in [-0.2, -0.15) is 8.78 Å². The van der Waals surface area contributed by atoms with Gasteiger partial charge in [0.2, 0.25) is 0 Å². The first kappa shape index (κ1) is 18.4. The number of nitro benzene ring substituents is 1. The number of ether oxygens (including phenoxy) is 2. The first-order valence-corrected chi connectivity index (χ1v) is 7.15. The molecule has 10 heteroatoms. The summed E-state index contributed by atoms with van der Waals surface area (Å²) in [6, 6.07) is 9.17. The Morgan fingerprint density at radius 3 is 2.60 bits per heavy atom. The van der Waals surface area contributed by atoms with E-state index in [1.165, 1.54) is 36.4 Å². The number of amides is 1. The van der Waals surface area contributed by atoms with E-state index in [1.807, 2.05) is 0 Å². The fourth-order valence-corrected chi connectivity index (χ4v) is 2.05. The Morgan fingerprint density at radius 1 is 1.24 bits per heavy atom. The molecule has 0 atom stereocenters. The maximum atomic E-state index is 12.3. The molecule has 0 aliphatic carbocycles. The highest BCUT2D eigenvalue weighted by Crippen LogP contribution is 2.29. The second kappa shape index (κ2) is 8.25. The van der Waals surface area contributed by atoms with Gasteiger partial charge in [0.15, 0.2) is 6.61 Å². The van der Waals surface area contributed by atoms with Crippen molar-refractivity contribution in [1.82, 2.24) is 0 Å². The van der Waals surface area contributed by atoms with Crippen LogP contribution in [0.5, 0.6) is 11.5 Å². The molecule has 0 radical (unpaired) electrons. The first-order chi connectivity index (χ1) is 11.9. The maximum absolute atomic E-state index is 12.3. The molecule has 1 N–H and O–H groups in total. The number of non-ortho nitro benzene ring substituents is 1. The van der Waals surface area contributed by atoms with Gasteiger partial charge in [-0.05, 0) is 18.2 Å². The van der Waals surface area contributed by atoms with Gasteiger partial charge in [-0.3, -0.25) is 14.9 Å². The van der Waals surface area contributed by atoms with Crippen LogP contribution in [0.4, 0.5) is 20.2 Å². The highest BCUT2D eigenvalue weighted by molar-refractivity contribution is 6.32. The van der Waals surface area contributed by atoms with Crippen molar-refractivity contribution in [3.8, 4) is 11.5 Å². The average molecular weight is 373 g/mol. The second-order valence-electron chi connectivity index (χ2n) is 4.58. The summed E-state index contributed by atoms with van der Waals surface area (Å²) in [5.41, 5.74) is -0.175. The number of nitrogens with one attached hydrogen (secondary N) is 1. The highest BCUT2D eigenvalue weighted by Gasteiger charge is 2.14. The van der Waals surface area contributed by atoms with Crippen molar-refractivity contribution in [2.45, 2.75) is 6.61 Å². The van der Waals surface area contributed by atoms with Gasteiger partial charge in [0.1, 0.15) is 11.5 Å². The summed E-state index contributed by atoms with van der Waals surface area (Å²) in [5, 5.41) is 12.9. The molecule has 2 aromatic rings. The van der Waals surface area contributed by atoms with E-state index in [-0.39, 0.29) is 27.9 Å². The summed E-state index contributed by atoms with van der Waals surface area (Å²) in [4.78, 5) is 21.9. The van der Waals surface area contributed by atoms with Gasteiger partial charge in [-0.25, -0.2) is 0 Å². The minimum Gasteiger partial charge on any atom is -0.482 e. The molecule has 25 heavy (non-hydrogen) atoms. The smallest absolute Gasteiger partial charge is 0.387 e. The third-order valence-corrected chi connectivity index (χ3v) is 3.16. The molecule has 2 rings (SSSR count). The minimum absolute atomic E-state index is 0.0385. The van der Waals surface area contributed by atoms with E-state index >= 15 is 0 Å². The van der Waals surface area contributed by atoms with E-state index in [9.17, 15) is 23.7 Å². The van der Waals surface area contributed by atoms with Gasteiger partial charge in [-0.15, -0.1) is 0 Å². The Labute approximate surface area is 145 Å². The van der Waals surface area contributed by atoms with Crippen LogP contribution in [0.3, 0.4) is 0 Å². The molecule has 0 aliphatic heterocycles. The highest BCUT2D eigenvalue weighted by atomic mass is 35.5. The number of nitrogens with zero attached hydrogens (tertiary/aromatic N) is 1. The Balaban J connectivity index is 1.99. The molecule has 0 heterocycles. The zero-order valence-electron chi connectivity index (χ0n) is 12.4. The molecule has 0 saturated carbocycles. The molecule has 0 aromatic heterocycles. The van der Waals surface area contributed by atoms with Crippen LogP contribution < -0.4 is 14.8 Å². The van der Waals surface area contributed by atoms with Crippen LogP contribution in [0.2, 0.25) is 5.02 Å². The molecule has 0 bridgehead atoms. The third kappa shape index (κ3) is 5.28. The minimum atomic E-state index is -3.03. The number of hydrogen-bond donors (Lipinski definition) is 1. The van der Waals surface area contributed by atoms with E-state index < -0.39 is 24.0 Å².